The Morgan fingerprint density at radius 1 is 1.50 bits per heavy atom. The first kappa shape index (κ1) is 15.1. The van der Waals surface area contributed by atoms with Crippen LogP contribution in [-0.2, 0) is 10.0 Å². The zero-order chi connectivity index (χ0) is 12.8. The zero-order valence-electron chi connectivity index (χ0n) is 9.82. The average Bonchev–Trinajstić information content (AvgIpc) is 2.08. The smallest absolute Gasteiger partial charge is 0.209 e. The summed E-state index contributed by atoms with van der Waals surface area (Å²) in [5, 5.41) is 14.1. The van der Waals surface area contributed by atoms with Crippen LogP contribution in [0.4, 0.5) is 0 Å². The van der Waals surface area contributed by atoms with Crippen molar-refractivity contribution in [1.29, 1.82) is 0 Å². The molecule has 0 aromatic carbocycles. The summed E-state index contributed by atoms with van der Waals surface area (Å²) in [4.78, 5) is 0. The van der Waals surface area contributed by atoms with Crippen LogP contribution in [0.5, 0.6) is 0 Å². The van der Waals surface area contributed by atoms with E-state index in [-0.39, 0.29) is 5.84 Å². The van der Waals surface area contributed by atoms with E-state index in [0.29, 0.717) is 19.5 Å². The first-order valence-corrected chi connectivity index (χ1v) is 6.71. The molecular weight excluding hydrogens is 232 g/mol. The molecular formula is C8H20N4O3S. The second kappa shape index (κ2) is 6.02. The Labute approximate surface area is 96.1 Å². The van der Waals surface area contributed by atoms with Crippen molar-refractivity contribution in [2.45, 2.75) is 25.8 Å². The minimum atomic E-state index is -3.22. The summed E-state index contributed by atoms with van der Waals surface area (Å²) >= 11 is 0. The van der Waals surface area contributed by atoms with E-state index in [9.17, 15) is 8.42 Å². The number of hydrogen-bond donors (Lipinski definition) is 4. The summed E-state index contributed by atoms with van der Waals surface area (Å²) in [6.07, 6.45) is 1.52. The number of nitrogens with one attached hydrogen (secondary N) is 2. The monoisotopic (exact) mass is 252 g/mol. The molecule has 0 fully saturated rings. The van der Waals surface area contributed by atoms with Gasteiger partial charge in [-0.1, -0.05) is 5.16 Å². The minimum absolute atomic E-state index is 0.140. The Morgan fingerprint density at radius 2 is 2.06 bits per heavy atom. The molecule has 0 saturated heterocycles. The first-order chi connectivity index (χ1) is 7.16. The fourth-order valence-corrected chi connectivity index (χ4v) is 2.28. The van der Waals surface area contributed by atoms with Crippen LogP contribution in [0.25, 0.3) is 0 Å². The summed E-state index contributed by atoms with van der Waals surface area (Å²) in [6, 6.07) is 0. The molecule has 0 amide bonds. The lowest BCUT2D eigenvalue weighted by Crippen LogP contribution is -2.50. The SMILES string of the molecule is CC(C)(CNCCC(N)=NO)NS(C)(=O)=O. The van der Waals surface area contributed by atoms with Crippen molar-refractivity contribution < 1.29 is 13.6 Å². The van der Waals surface area contributed by atoms with Crippen LogP contribution < -0.4 is 15.8 Å². The van der Waals surface area contributed by atoms with E-state index in [4.69, 9.17) is 10.9 Å². The number of hydrogen-bond acceptors (Lipinski definition) is 5. The third kappa shape index (κ3) is 8.45. The molecule has 5 N–H and O–H groups in total. The molecule has 0 aliphatic carbocycles. The van der Waals surface area contributed by atoms with Gasteiger partial charge in [-0.25, -0.2) is 13.1 Å². The Kier molecular flexibility index (Phi) is 5.70. The van der Waals surface area contributed by atoms with Crippen molar-refractivity contribution in [3.8, 4) is 0 Å². The second-order valence-electron chi connectivity index (χ2n) is 4.28. The quantitative estimate of drug-likeness (QED) is 0.153. The van der Waals surface area contributed by atoms with Crippen LogP contribution >= 0.6 is 0 Å². The maximum absolute atomic E-state index is 11.0. The van der Waals surface area contributed by atoms with E-state index in [1.165, 1.54) is 0 Å². The molecule has 8 heteroatoms. The van der Waals surface area contributed by atoms with Crippen LogP contribution in [0, 0.1) is 0 Å². The molecule has 7 nitrogen and oxygen atoms in total. The van der Waals surface area contributed by atoms with Gasteiger partial charge in [-0.15, -0.1) is 0 Å². The zero-order valence-corrected chi connectivity index (χ0v) is 10.6. The van der Waals surface area contributed by atoms with Crippen LogP contribution in [0.15, 0.2) is 5.16 Å². The Morgan fingerprint density at radius 3 is 2.50 bits per heavy atom. The van der Waals surface area contributed by atoms with Crippen molar-refractivity contribution in [2.75, 3.05) is 19.3 Å². The molecule has 0 aliphatic rings. The molecule has 0 aromatic heterocycles. The van der Waals surface area contributed by atoms with Crippen molar-refractivity contribution in [3.05, 3.63) is 0 Å². The highest BCUT2D eigenvalue weighted by Gasteiger charge is 2.21. The Hall–Kier alpha value is -0.860. The standard InChI is InChI=1S/C8H20N4O3S/c1-8(2,12-16(3,14)15)6-10-5-4-7(9)11-13/h10,12-13H,4-6H2,1-3H3,(H2,9,11). The summed E-state index contributed by atoms with van der Waals surface area (Å²) < 4.78 is 24.5. The largest absolute Gasteiger partial charge is 0.409 e. The molecule has 0 atom stereocenters. The normalized spacial score (nSPS) is 14.1. The van der Waals surface area contributed by atoms with Crippen LogP contribution in [0.2, 0.25) is 0 Å². The van der Waals surface area contributed by atoms with Gasteiger partial charge < -0.3 is 16.3 Å². The molecule has 0 radical (unpaired) electrons. The van der Waals surface area contributed by atoms with Gasteiger partial charge in [-0.2, -0.15) is 0 Å². The third-order valence-corrected chi connectivity index (χ3v) is 2.64. The molecule has 0 saturated carbocycles. The lowest BCUT2D eigenvalue weighted by Gasteiger charge is -2.25. The highest BCUT2D eigenvalue weighted by Crippen LogP contribution is 2.01. The lowest BCUT2D eigenvalue weighted by molar-refractivity contribution is 0.316. The van der Waals surface area contributed by atoms with E-state index in [1.807, 2.05) is 0 Å². The molecule has 0 heterocycles. The molecule has 0 aliphatic heterocycles. The van der Waals surface area contributed by atoms with Crippen molar-refractivity contribution >= 4 is 15.9 Å². The summed E-state index contributed by atoms with van der Waals surface area (Å²) in [5.41, 5.74) is 4.70. The topological polar surface area (TPSA) is 117 Å². The highest BCUT2D eigenvalue weighted by molar-refractivity contribution is 7.88. The number of rotatable bonds is 7. The molecule has 0 spiro atoms. The van der Waals surface area contributed by atoms with Gasteiger partial charge in [0, 0.05) is 25.0 Å². The number of oxime groups is 1. The fourth-order valence-electron chi connectivity index (χ4n) is 1.21. The molecule has 96 valence electrons. The van der Waals surface area contributed by atoms with E-state index < -0.39 is 15.6 Å². The Bertz CT molecular complexity index is 337. The van der Waals surface area contributed by atoms with Crippen LogP contribution in [0.3, 0.4) is 0 Å². The third-order valence-electron chi connectivity index (χ3n) is 1.71. The number of sulfonamides is 1. The first-order valence-electron chi connectivity index (χ1n) is 4.82. The van der Waals surface area contributed by atoms with E-state index in [2.05, 4.69) is 15.2 Å². The van der Waals surface area contributed by atoms with Crippen molar-refractivity contribution in [1.82, 2.24) is 10.0 Å². The fraction of sp³-hybridized carbons (Fsp3) is 0.875. The van der Waals surface area contributed by atoms with E-state index in [1.54, 1.807) is 13.8 Å². The van der Waals surface area contributed by atoms with Gasteiger partial charge in [0.1, 0.15) is 5.84 Å². The van der Waals surface area contributed by atoms with Crippen molar-refractivity contribution in [2.24, 2.45) is 10.9 Å². The summed E-state index contributed by atoms with van der Waals surface area (Å²) in [5.74, 6) is 0.140. The minimum Gasteiger partial charge on any atom is -0.409 e. The summed E-state index contributed by atoms with van der Waals surface area (Å²) in [7, 11) is -3.22. The van der Waals surface area contributed by atoms with Gasteiger partial charge in [-0.3, -0.25) is 0 Å². The van der Waals surface area contributed by atoms with Gasteiger partial charge in [-0.05, 0) is 13.8 Å². The van der Waals surface area contributed by atoms with Gasteiger partial charge in [0.2, 0.25) is 10.0 Å². The van der Waals surface area contributed by atoms with Gasteiger partial charge in [0.15, 0.2) is 0 Å². The Balaban J connectivity index is 3.92. The average molecular weight is 252 g/mol. The molecule has 16 heavy (non-hydrogen) atoms. The van der Waals surface area contributed by atoms with Gasteiger partial charge in [0.05, 0.1) is 6.26 Å². The van der Waals surface area contributed by atoms with Gasteiger partial charge in [0.25, 0.3) is 0 Å². The number of amidine groups is 1. The van der Waals surface area contributed by atoms with E-state index >= 15 is 0 Å². The van der Waals surface area contributed by atoms with Crippen molar-refractivity contribution in [3.63, 3.8) is 0 Å². The molecule has 0 unspecified atom stereocenters. The molecule has 0 rings (SSSR count). The van der Waals surface area contributed by atoms with Crippen LogP contribution in [-0.4, -0.2) is 44.3 Å². The molecule has 0 aromatic rings. The second-order valence-corrected chi connectivity index (χ2v) is 6.02. The maximum Gasteiger partial charge on any atom is 0.209 e. The maximum atomic E-state index is 11.0. The highest BCUT2D eigenvalue weighted by atomic mass is 32.2. The summed E-state index contributed by atoms with van der Waals surface area (Å²) in [6.45, 7) is 4.51. The lowest BCUT2D eigenvalue weighted by atomic mass is 10.1. The van der Waals surface area contributed by atoms with E-state index in [0.717, 1.165) is 6.26 Å². The molecule has 0 bridgehead atoms. The number of nitrogens with zero attached hydrogens (tertiary/aromatic N) is 1. The van der Waals surface area contributed by atoms with Crippen LogP contribution in [0.1, 0.15) is 20.3 Å². The number of nitrogens with two attached hydrogens (primary N) is 1. The predicted octanol–water partition coefficient (Wildman–Crippen LogP) is -0.960. The van der Waals surface area contributed by atoms with Gasteiger partial charge >= 0.3 is 0 Å². The predicted molar refractivity (Wildman–Crippen MR) is 63.0 cm³/mol.